The summed E-state index contributed by atoms with van der Waals surface area (Å²) in [6, 6.07) is 8.12. The maximum Gasteiger partial charge on any atom is 0.307 e. The van der Waals surface area contributed by atoms with Crippen LogP contribution in [0.5, 0.6) is 5.75 Å². The maximum absolute atomic E-state index is 11.8. The van der Waals surface area contributed by atoms with Crippen LogP contribution < -0.4 is 4.74 Å². The molecule has 1 rings (SSSR count). The Morgan fingerprint density at radius 1 is 1.29 bits per heavy atom. The molecule has 0 heterocycles. The summed E-state index contributed by atoms with van der Waals surface area (Å²) >= 11 is 0. The molecule has 0 spiro atoms. The highest BCUT2D eigenvalue weighted by Gasteiger charge is 2.19. The van der Waals surface area contributed by atoms with Crippen LogP contribution in [0.2, 0.25) is 0 Å². The Hall–Kier alpha value is -1.55. The van der Waals surface area contributed by atoms with Crippen molar-refractivity contribution in [3.63, 3.8) is 0 Å². The minimum absolute atomic E-state index is 0.165. The molecule has 1 unspecified atom stereocenters. The van der Waals surface area contributed by atoms with E-state index in [4.69, 9.17) is 9.47 Å². The standard InChI is InChI=1S/C17H27NO3/c1-13(14-9-7-8-10-15(14)20-6)18(5)12-11-16(19)21-17(2,3)4/h7-10,13H,11-12H2,1-6H3. The van der Waals surface area contributed by atoms with Crippen LogP contribution in [0.4, 0.5) is 0 Å². The molecule has 1 aromatic carbocycles. The topological polar surface area (TPSA) is 38.8 Å². The van der Waals surface area contributed by atoms with Gasteiger partial charge < -0.3 is 9.47 Å². The largest absolute Gasteiger partial charge is 0.496 e. The van der Waals surface area contributed by atoms with Crippen LogP contribution in [-0.2, 0) is 9.53 Å². The average Bonchev–Trinajstić information content (AvgIpc) is 2.42. The Morgan fingerprint density at radius 2 is 1.90 bits per heavy atom. The van der Waals surface area contributed by atoms with Crippen LogP contribution in [0.25, 0.3) is 0 Å². The molecule has 0 N–H and O–H groups in total. The number of para-hydroxylation sites is 1. The van der Waals surface area contributed by atoms with Gasteiger partial charge in [-0.1, -0.05) is 18.2 Å². The second kappa shape index (κ2) is 7.46. The Bertz CT molecular complexity index is 465. The summed E-state index contributed by atoms with van der Waals surface area (Å²) in [6.07, 6.45) is 0.382. The first-order chi connectivity index (χ1) is 9.74. The molecule has 0 radical (unpaired) electrons. The van der Waals surface area contributed by atoms with Gasteiger partial charge in [-0.25, -0.2) is 0 Å². The number of ether oxygens (including phenoxy) is 2. The van der Waals surface area contributed by atoms with Gasteiger partial charge in [-0.05, 0) is 40.8 Å². The zero-order valence-corrected chi connectivity index (χ0v) is 14.0. The third-order valence-corrected chi connectivity index (χ3v) is 3.34. The second-order valence-corrected chi connectivity index (χ2v) is 6.23. The van der Waals surface area contributed by atoms with Gasteiger partial charge in [0.05, 0.1) is 13.5 Å². The predicted octanol–water partition coefficient (Wildman–Crippen LogP) is 3.42. The van der Waals surface area contributed by atoms with Crippen molar-refractivity contribution in [1.29, 1.82) is 0 Å². The number of methoxy groups -OCH3 is 1. The molecule has 4 heteroatoms. The number of carbonyl (C=O) groups excluding carboxylic acids is 1. The molecule has 0 saturated heterocycles. The van der Waals surface area contributed by atoms with Crippen LogP contribution in [0, 0.1) is 0 Å². The number of benzene rings is 1. The fourth-order valence-corrected chi connectivity index (χ4v) is 2.10. The number of carbonyl (C=O) groups is 1. The second-order valence-electron chi connectivity index (χ2n) is 6.23. The first-order valence-corrected chi connectivity index (χ1v) is 7.29. The lowest BCUT2D eigenvalue weighted by molar-refractivity contribution is -0.155. The molecule has 0 amide bonds. The van der Waals surface area contributed by atoms with Crippen molar-refractivity contribution in [2.24, 2.45) is 0 Å². The van der Waals surface area contributed by atoms with Gasteiger partial charge in [0.1, 0.15) is 11.4 Å². The lowest BCUT2D eigenvalue weighted by Gasteiger charge is -2.27. The van der Waals surface area contributed by atoms with Gasteiger partial charge in [-0.15, -0.1) is 0 Å². The lowest BCUT2D eigenvalue weighted by atomic mass is 10.1. The summed E-state index contributed by atoms with van der Waals surface area (Å²) in [7, 11) is 3.67. The number of nitrogens with zero attached hydrogens (tertiary/aromatic N) is 1. The molecule has 118 valence electrons. The lowest BCUT2D eigenvalue weighted by Crippen LogP contribution is -2.29. The van der Waals surface area contributed by atoms with Crippen LogP contribution in [0.1, 0.15) is 45.7 Å². The SMILES string of the molecule is COc1ccccc1C(C)N(C)CCC(=O)OC(C)(C)C. The van der Waals surface area contributed by atoms with Crippen LogP contribution in [0.3, 0.4) is 0 Å². The smallest absolute Gasteiger partial charge is 0.307 e. The Morgan fingerprint density at radius 3 is 2.48 bits per heavy atom. The Kier molecular flexibility index (Phi) is 6.21. The maximum atomic E-state index is 11.8. The molecular weight excluding hydrogens is 266 g/mol. The van der Waals surface area contributed by atoms with Crippen molar-refractivity contribution >= 4 is 5.97 Å². The van der Waals surface area contributed by atoms with E-state index < -0.39 is 5.60 Å². The fourth-order valence-electron chi connectivity index (χ4n) is 2.10. The van der Waals surface area contributed by atoms with E-state index in [1.807, 2.05) is 52.1 Å². The molecule has 0 fully saturated rings. The van der Waals surface area contributed by atoms with Gasteiger partial charge in [0, 0.05) is 18.2 Å². The molecule has 1 aromatic rings. The number of esters is 1. The zero-order valence-electron chi connectivity index (χ0n) is 14.0. The van der Waals surface area contributed by atoms with E-state index in [9.17, 15) is 4.79 Å². The molecule has 0 aromatic heterocycles. The summed E-state index contributed by atoms with van der Waals surface area (Å²) < 4.78 is 10.7. The molecule has 0 aliphatic carbocycles. The highest BCUT2D eigenvalue weighted by molar-refractivity contribution is 5.70. The predicted molar refractivity (Wildman–Crippen MR) is 84.5 cm³/mol. The number of rotatable bonds is 6. The van der Waals surface area contributed by atoms with Gasteiger partial charge in [0.25, 0.3) is 0 Å². The quantitative estimate of drug-likeness (QED) is 0.753. The average molecular weight is 293 g/mol. The van der Waals surface area contributed by atoms with Crippen molar-refractivity contribution in [2.45, 2.75) is 45.8 Å². The van der Waals surface area contributed by atoms with Crippen molar-refractivity contribution in [3.8, 4) is 5.75 Å². The van der Waals surface area contributed by atoms with Gasteiger partial charge in [0.2, 0.25) is 0 Å². The molecule has 4 nitrogen and oxygen atoms in total. The molecule has 0 aliphatic rings. The summed E-state index contributed by atoms with van der Waals surface area (Å²) in [5.41, 5.74) is 0.691. The van der Waals surface area contributed by atoms with E-state index in [1.165, 1.54) is 0 Å². The zero-order chi connectivity index (χ0) is 16.0. The summed E-state index contributed by atoms with van der Waals surface area (Å²) in [5.74, 6) is 0.704. The van der Waals surface area contributed by atoms with Crippen LogP contribution in [0.15, 0.2) is 24.3 Å². The highest BCUT2D eigenvalue weighted by atomic mass is 16.6. The molecule has 0 saturated carbocycles. The van der Waals surface area contributed by atoms with Crippen LogP contribution in [-0.4, -0.2) is 37.2 Å². The van der Waals surface area contributed by atoms with Crippen molar-refractivity contribution in [2.75, 3.05) is 20.7 Å². The van der Waals surface area contributed by atoms with Gasteiger partial charge in [-0.3, -0.25) is 9.69 Å². The number of hydrogen-bond donors (Lipinski definition) is 0. The van der Waals surface area contributed by atoms with Gasteiger partial charge in [-0.2, -0.15) is 0 Å². The van der Waals surface area contributed by atoms with E-state index in [2.05, 4.69) is 11.8 Å². The number of hydrogen-bond acceptors (Lipinski definition) is 4. The first-order valence-electron chi connectivity index (χ1n) is 7.29. The summed E-state index contributed by atoms with van der Waals surface area (Å²) in [6.45, 7) is 8.39. The third-order valence-electron chi connectivity index (χ3n) is 3.34. The Balaban J connectivity index is 2.59. The monoisotopic (exact) mass is 293 g/mol. The molecular formula is C17H27NO3. The Labute approximate surface area is 128 Å². The molecule has 1 atom stereocenters. The summed E-state index contributed by atoms with van der Waals surface area (Å²) in [4.78, 5) is 13.9. The minimum atomic E-state index is -0.427. The fraction of sp³-hybridized carbons (Fsp3) is 0.588. The van der Waals surface area contributed by atoms with Crippen molar-refractivity contribution in [3.05, 3.63) is 29.8 Å². The molecule has 21 heavy (non-hydrogen) atoms. The van der Waals surface area contributed by atoms with Crippen molar-refractivity contribution in [1.82, 2.24) is 4.90 Å². The van der Waals surface area contributed by atoms with E-state index in [0.717, 1.165) is 11.3 Å². The van der Waals surface area contributed by atoms with Crippen LogP contribution >= 0.6 is 0 Å². The van der Waals surface area contributed by atoms with E-state index in [-0.39, 0.29) is 12.0 Å². The molecule has 0 aliphatic heterocycles. The van der Waals surface area contributed by atoms with Gasteiger partial charge in [0.15, 0.2) is 0 Å². The van der Waals surface area contributed by atoms with E-state index in [1.54, 1.807) is 7.11 Å². The summed E-state index contributed by atoms with van der Waals surface area (Å²) in [5, 5.41) is 0. The normalized spacial score (nSPS) is 13.1. The van der Waals surface area contributed by atoms with Crippen molar-refractivity contribution < 1.29 is 14.3 Å². The highest BCUT2D eigenvalue weighted by Crippen LogP contribution is 2.28. The van der Waals surface area contributed by atoms with E-state index in [0.29, 0.717) is 13.0 Å². The minimum Gasteiger partial charge on any atom is -0.496 e. The van der Waals surface area contributed by atoms with Gasteiger partial charge >= 0.3 is 5.97 Å². The van der Waals surface area contributed by atoms with E-state index >= 15 is 0 Å². The molecule has 0 bridgehead atoms. The third kappa shape index (κ3) is 5.76. The first kappa shape index (κ1) is 17.5.